The van der Waals surface area contributed by atoms with Gasteiger partial charge in [0.25, 0.3) is 0 Å². The van der Waals surface area contributed by atoms with E-state index in [1.54, 1.807) is 11.3 Å². The van der Waals surface area contributed by atoms with Crippen LogP contribution in [0.15, 0.2) is 23.6 Å². The molecule has 0 saturated carbocycles. The first-order chi connectivity index (χ1) is 7.86. The first-order valence-electron chi connectivity index (χ1n) is 5.18. The highest BCUT2D eigenvalue weighted by molar-refractivity contribution is 7.10. The van der Waals surface area contributed by atoms with Crippen LogP contribution in [-0.4, -0.2) is 14.9 Å². The number of aromatic nitrogens is 2. The molecular weight excluding hydrogens is 224 g/mol. The van der Waals surface area contributed by atoms with Crippen molar-refractivity contribution in [2.75, 3.05) is 0 Å². The first kappa shape index (κ1) is 10.0. The van der Waals surface area contributed by atoms with Crippen LogP contribution in [0.25, 0.3) is 0 Å². The van der Waals surface area contributed by atoms with Crippen molar-refractivity contribution < 1.29 is 9.84 Å². The van der Waals surface area contributed by atoms with E-state index in [9.17, 15) is 0 Å². The van der Waals surface area contributed by atoms with Gasteiger partial charge in [-0.3, -0.25) is 4.68 Å². The van der Waals surface area contributed by atoms with Crippen LogP contribution in [0.4, 0.5) is 0 Å². The predicted octanol–water partition coefficient (Wildman–Crippen LogP) is 1.71. The number of ether oxygens (including phenoxy) is 1. The van der Waals surface area contributed by atoms with Gasteiger partial charge in [-0.1, -0.05) is 6.07 Å². The molecule has 1 N–H and O–H groups in total. The van der Waals surface area contributed by atoms with E-state index in [-0.39, 0.29) is 12.7 Å². The maximum Gasteiger partial charge on any atom is 0.112 e. The van der Waals surface area contributed by atoms with Crippen molar-refractivity contribution in [2.24, 2.45) is 0 Å². The number of hydrogen-bond donors (Lipinski definition) is 1. The molecule has 0 aromatic carbocycles. The maximum atomic E-state index is 9.02. The average molecular weight is 236 g/mol. The van der Waals surface area contributed by atoms with Crippen molar-refractivity contribution in [1.82, 2.24) is 9.78 Å². The topological polar surface area (TPSA) is 47.3 Å². The molecule has 0 unspecified atom stereocenters. The standard InChI is InChI=1S/C11H12N2O2S/c14-6-8-4-9-7-15-10(5-13(9)12-8)11-2-1-3-16-11/h1-4,10,14H,5-7H2/t10-/m0/s1. The van der Waals surface area contributed by atoms with Gasteiger partial charge in [0.15, 0.2) is 0 Å². The Bertz CT molecular complexity index is 478. The summed E-state index contributed by atoms with van der Waals surface area (Å²) < 4.78 is 7.70. The zero-order valence-electron chi connectivity index (χ0n) is 8.67. The zero-order valence-corrected chi connectivity index (χ0v) is 9.48. The van der Waals surface area contributed by atoms with Crippen molar-refractivity contribution in [3.63, 3.8) is 0 Å². The third kappa shape index (κ3) is 1.67. The minimum Gasteiger partial charge on any atom is -0.390 e. The molecule has 4 nitrogen and oxygen atoms in total. The van der Waals surface area contributed by atoms with E-state index in [2.05, 4.69) is 16.5 Å². The second-order valence-electron chi connectivity index (χ2n) is 3.78. The Hall–Kier alpha value is -1.17. The Morgan fingerprint density at radius 1 is 1.62 bits per heavy atom. The number of aliphatic hydroxyl groups excluding tert-OH is 1. The highest BCUT2D eigenvalue weighted by atomic mass is 32.1. The van der Waals surface area contributed by atoms with Crippen LogP contribution in [-0.2, 0) is 24.5 Å². The smallest absolute Gasteiger partial charge is 0.112 e. The lowest BCUT2D eigenvalue weighted by atomic mass is 10.2. The molecule has 0 radical (unpaired) electrons. The Morgan fingerprint density at radius 2 is 2.56 bits per heavy atom. The Labute approximate surface area is 97.1 Å². The molecule has 3 rings (SSSR count). The summed E-state index contributed by atoms with van der Waals surface area (Å²) in [6.45, 7) is 1.29. The van der Waals surface area contributed by atoms with Crippen LogP contribution < -0.4 is 0 Å². The fourth-order valence-corrected chi connectivity index (χ4v) is 2.67. The molecule has 0 bridgehead atoms. The maximum absolute atomic E-state index is 9.02. The molecule has 1 aliphatic heterocycles. The summed E-state index contributed by atoms with van der Waals surface area (Å²) in [6.07, 6.45) is 0.0962. The molecule has 0 saturated heterocycles. The van der Waals surface area contributed by atoms with E-state index in [1.165, 1.54) is 4.88 Å². The number of thiophene rings is 1. The summed E-state index contributed by atoms with van der Waals surface area (Å²) in [6, 6.07) is 6.00. The van der Waals surface area contributed by atoms with Crippen LogP contribution in [0.2, 0.25) is 0 Å². The van der Waals surface area contributed by atoms with Crippen LogP contribution in [0.3, 0.4) is 0 Å². The number of aliphatic hydroxyl groups is 1. The van der Waals surface area contributed by atoms with Crippen molar-refractivity contribution in [2.45, 2.75) is 25.9 Å². The molecule has 0 fully saturated rings. The highest BCUT2D eigenvalue weighted by Crippen LogP contribution is 2.29. The summed E-state index contributed by atoms with van der Waals surface area (Å²) in [5.74, 6) is 0. The average Bonchev–Trinajstić information content (AvgIpc) is 2.96. The van der Waals surface area contributed by atoms with E-state index in [0.29, 0.717) is 12.3 Å². The van der Waals surface area contributed by atoms with Gasteiger partial charge in [0, 0.05) is 4.88 Å². The van der Waals surface area contributed by atoms with E-state index in [1.807, 2.05) is 16.8 Å². The Kier molecular flexibility index (Phi) is 2.51. The molecule has 1 atom stereocenters. The van der Waals surface area contributed by atoms with E-state index in [4.69, 9.17) is 9.84 Å². The van der Waals surface area contributed by atoms with Crippen LogP contribution in [0, 0.1) is 0 Å². The molecule has 1 aliphatic rings. The third-order valence-corrected chi connectivity index (χ3v) is 3.67. The molecule has 2 aromatic rings. The normalized spacial score (nSPS) is 19.7. The molecule has 16 heavy (non-hydrogen) atoms. The highest BCUT2D eigenvalue weighted by Gasteiger charge is 2.22. The van der Waals surface area contributed by atoms with E-state index < -0.39 is 0 Å². The zero-order chi connectivity index (χ0) is 11.0. The molecule has 2 aromatic heterocycles. The van der Waals surface area contributed by atoms with Gasteiger partial charge in [-0.2, -0.15) is 5.10 Å². The largest absolute Gasteiger partial charge is 0.390 e. The molecule has 3 heterocycles. The van der Waals surface area contributed by atoms with Crippen LogP contribution >= 0.6 is 11.3 Å². The minimum absolute atomic E-state index is 0.0102. The summed E-state index contributed by atoms with van der Waals surface area (Å²) in [4.78, 5) is 1.23. The Balaban J connectivity index is 1.85. The number of hydrogen-bond acceptors (Lipinski definition) is 4. The molecular formula is C11H12N2O2S. The monoisotopic (exact) mass is 236 g/mol. The minimum atomic E-state index is -0.0102. The second-order valence-corrected chi connectivity index (χ2v) is 4.76. The summed E-state index contributed by atoms with van der Waals surface area (Å²) in [5, 5.41) is 15.4. The fraction of sp³-hybridized carbons (Fsp3) is 0.364. The van der Waals surface area contributed by atoms with Gasteiger partial charge in [0.1, 0.15) is 6.10 Å². The summed E-state index contributed by atoms with van der Waals surface area (Å²) >= 11 is 1.70. The van der Waals surface area contributed by atoms with Gasteiger partial charge in [-0.05, 0) is 17.5 Å². The quantitative estimate of drug-likeness (QED) is 0.863. The predicted molar refractivity (Wildman–Crippen MR) is 60.0 cm³/mol. The summed E-state index contributed by atoms with van der Waals surface area (Å²) in [7, 11) is 0. The lowest BCUT2D eigenvalue weighted by molar-refractivity contribution is 0.000944. The van der Waals surface area contributed by atoms with E-state index in [0.717, 1.165) is 12.2 Å². The van der Waals surface area contributed by atoms with Gasteiger partial charge in [0.05, 0.1) is 31.1 Å². The molecule has 0 amide bonds. The van der Waals surface area contributed by atoms with Crippen molar-refractivity contribution in [3.05, 3.63) is 39.8 Å². The first-order valence-corrected chi connectivity index (χ1v) is 6.06. The summed E-state index contributed by atoms with van der Waals surface area (Å²) in [5.41, 5.74) is 1.75. The number of fused-ring (bicyclic) bond motifs is 1. The van der Waals surface area contributed by atoms with Crippen molar-refractivity contribution in [3.8, 4) is 0 Å². The SMILES string of the molecule is OCc1cc2n(n1)C[C@@H](c1cccs1)OC2. The molecule has 84 valence electrons. The Morgan fingerprint density at radius 3 is 3.31 bits per heavy atom. The molecule has 0 spiro atoms. The fourth-order valence-electron chi connectivity index (χ4n) is 1.91. The lowest BCUT2D eigenvalue weighted by Gasteiger charge is -2.23. The molecule has 5 heteroatoms. The van der Waals surface area contributed by atoms with Gasteiger partial charge >= 0.3 is 0 Å². The van der Waals surface area contributed by atoms with Gasteiger partial charge in [-0.25, -0.2) is 0 Å². The van der Waals surface area contributed by atoms with Crippen LogP contribution in [0.5, 0.6) is 0 Å². The van der Waals surface area contributed by atoms with E-state index >= 15 is 0 Å². The molecule has 0 aliphatic carbocycles. The van der Waals surface area contributed by atoms with Gasteiger partial charge < -0.3 is 9.84 Å². The van der Waals surface area contributed by atoms with Crippen LogP contribution in [0.1, 0.15) is 22.4 Å². The van der Waals surface area contributed by atoms with Gasteiger partial charge in [-0.15, -0.1) is 11.3 Å². The third-order valence-electron chi connectivity index (χ3n) is 2.71. The number of nitrogens with zero attached hydrogens (tertiary/aromatic N) is 2. The van der Waals surface area contributed by atoms with Gasteiger partial charge in [0.2, 0.25) is 0 Å². The van der Waals surface area contributed by atoms with Crippen molar-refractivity contribution >= 4 is 11.3 Å². The number of rotatable bonds is 2. The van der Waals surface area contributed by atoms with Crippen molar-refractivity contribution in [1.29, 1.82) is 0 Å². The second kappa shape index (κ2) is 4.01. The lowest BCUT2D eigenvalue weighted by Crippen LogP contribution is -2.20.